The molecule has 0 radical (unpaired) electrons. The molecule has 0 aliphatic heterocycles. The molecule has 0 unspecified atom stereocenters. The second kappa shape index (κ2) is 6.91. The predicted octanol–water partition coefficient (Wildman–Crippen LogP) is 4.14. The molecule has 0 amide bonds. The molecule has 0 spiro atoms. The van der Waals surface area contributed by atoms with Gasteiger partial charge >= 0.3 is 0 Å². The number of aryl methyl sites for hydroxylation is 1. The minimum absolute atomic E-state index is 0.0245. The van der Waals surface area contributed by atoms with Gasteiger partial charge in [0.2, 0.25) is 0 Å². The molecule has 0 aliphatic rings. The summed E-state index contributed by atoms with van der Waals surface area (Å²) in [6, 6.07) is 8.94. The lowest BCUT2D eigenvalue weighted by Crippen LogP contribution is -1.85. The quantitative estimate of drug-likeness (QED) is 0.730. The summed E-state index contributed by atoms with van der Waals surface area (Å²) in [4.78, 5) is 0. The third kappa shape index (κ3) is 3.06. The van der Waals surface area contributed by atoms with Crippen molar-refractivity contribution in [3.05, 3.63) is 47.5 Å². The van der Waals surface area contributed by atoms with Crippen molar-refractivity contribution < 1.29 is 24.1 Å². The molecule has 0 saturated carbocycles. The monoisotopic (exact) mass is 340 g/mol. The standard InChI is InChI=1S/C20H20O5/c1-12-15-9-13(5-4-8-21)10-18(24-3)20(15)25-19(12)14-6-7-16(22)17(11-14)23-2/h4-7,9-11,21-22H,8H2,1-3H3. The summed E-state index contributed by atoms with van der Waals surface area (Å²) >= 11 is 0. The van der Waals surface area contributed by atoms with Crippen molar-refractivity contribution >= 4 is 17.0 Å². The fraction of sp³-hybridized carbons (Fsp3) is 0.200. The van der Waals surface area contributed by atoms with Crippen molar-refractivity contribution in [3.63, 3.8) is 0 Å². The summed E-state index contributed by atoms with van der Waals surface area (Å²) in [5.74, 6) is 1.77. The Morgan fingerprint density at radius 3 is 2.52 bits per heavy atom. The summed E-state index contributed by atoms with van der Waals surface area (Å²) < 4.78 is 16.7. The Morgan fingerprint density at radius 2 is 1.84 bits per heavy atom. The lowest BCUT2D eigenvalue weighted by atomic mass is 10.0. The Kier molecular flexibility index (Phi) is 4.67. The van der Waals surface area contributed by atoms with Gasteiger partial charge in [0.25, 0.3) is 0 Å². The first-order chi connectivity index (χ1) is 12.1. The lowest BCUT2D eigenvalue weighted by molar-refractivity contribution is 0.343. The number of hydrogen-bond acceptors (Lipinski definition) is 5. The van der Waals surface area contributed by atoms with Crippen LogP contribution in [0.5, 0.6) is 17.2 Å². The molecule has 3 rings (SSSR count). The van der Waals surface area contributed by atoms with Gasteiger partial charge in [0.05, 0.1) is 20.8 Å². The Balaban J connectivity index is 2.21. The van der Waals surface area contributed by atoms with Crippen molar-refractivity contribution in [1.29, 1.82) is 0 Å². The van der Waals surface area contributed by atoms with Gasteiger partial charge in [-0.3, -0.25) is 0 Å². The molecule has 25 heavy (non-hydrogen) atoms. The minimum atomic E-state index is -0.0245. The molecule has 2 aromatic carbocycles. The largest absolute Gasteiger partial charge is 0.504 e. The maximum atomic E-state index is 9.79. The predicted molar refractivity (Wildman–Crippen MR) is 97.3 cm³/mol. The molecule has 0 saturated heterocycles. The van der Waals surface area contributed by atoms with Gasteiger partial charge < -0.3 is 24.1 Å². The maximum Gasteiger partial charge on any atom is 0.176 e. The van der Waals surface area contributed by atoms with Crippen molar-refractivity contribution in [3.8, 4) is 28.6 Å². The van der Waals surface area contributed by atoms with Crippen LogP contribution in [-0.2, 0) is 0 Å². The number of hydrogen-bond donors (Lipinski definition) is 2. The Labute approximate surface area is 145 Å². The second-order valence-corrected chi connectivity index (χ2v) is 5.63. The van der Waals surface area contributed by atoms with Crippen LogP contribution in [0.3, 0.4) is 0 Å². The van der Waals surface area contributed by atoms with E-state index in [0.29, 0.717) is 22.8 Å². The number of ether oxygens (including phenoxy) is 2. The second-order valence-electron chi connectivity index (χ2n) is 5.63. The van der Waals surface area contributed by atoms with Crippen molar-refractivity contribution in [2.45, 2.75) is 6.92 Å². The number of phenolic OH excluding ortho intramolecular Hbond substituents is 1. The molecule has 5 nitrogen and oxygen atoms in total. The van der Waals surface area contributed by atoms with Gasteiger partial charge in [0.1, 0.15) is 5.76 Å². The van der Waals surface area contributed by atoms with Crippen LogP contribution in [0.1, 0.15) is 11.1 Å². The fourth-order valence-electron chi connectivity index (χ4n) is 2.84. The summed E-state index contributed by atoms with van der Waals surface area (Å²) in [7, 11) is 3.10. The molecule has 3 aromatic rings. The van der Waals surface area contributed by atoms with Gasteiger partial charge in [0, 0.05) is 16.5 Å². The highest BCUT2D eigenvalue weighted by molar-refractivity contribution is 5.93. The molecule has 0 fully saturated rings. The van der Waals surface area contributed by atoms with Crippen LogP contribution in [0.4, 0.5) is 0 Å². The number of fused-ring (bicyclic) bond motifs is 1. The SMILES string of the molecule is COc1cc(-c2oc3c(OC)cc(C=CCO)cc3c2C)ccc1O. The van der Waals surface area contributed by atoms with E-state index in [2.05, 4.69) is 0 Å². The van der Waals surface area contributed by atoms with Gasteiger partial charge in [-0.25, -0.2) is 0 Å². The average Bonchev–Trinajstić information content (AvgIpc) is 2.96. The average molecular weight is 340 g/mol. The van der Waals surface area contributed by atoms with Gasteiger partial charge in [-0.15, -0.1) is 0 Å². The lowest BCUT2D eigenvalue weighted by Gasteiger charge is -2.05. The van der Waals surface area contributed by atoms with Crippen LogP contribution in [0.25, 0.3) is 28.4 Å². The van der Waals surface area contributed by atoms with Crippen molar-refractivity contribution in [2.24, 2.45) is 0 Å². The molecule has 0 aliphatic carbocycles. The van der Waals surface area contributed by atoms with Crippen molar-refractivity contribution in [1.82, 2.24) is 0 Å². The Hall–Kier alpha value is -2.92. The zero-order valence-corrected chi connectivity index (χ0v) is 14.4. The van der Waals surface area contributed by atoms with Gasteiger partial charge in [-0.2, -0.15) is 0 Å². The smallest absolute Gasteiger partial charge is 0.176 e. The highest BCUT2D eigenvalue weighted by atomic mass is 16.5. The molecule has 0 bridgehead atoms. The molecule has 0 atom stereocenters. The van der Waals surface area contributed by atoms with E-state index in [1.165, 1.54) is 7.11 Å². The molecule has 2 N–H and O–H groups in total. The Bertz CT molecular complexity index is 937. The van der Waals surface area contributed by atoms with E-state index >= 15 is 0 Å². The number of aliphatic hydroxyl groups excluding tert-OH is 1. The van der Waals surface area contributed by atoms with E-state index in [-0.39, 0.29) is 12.4 Å². The van der Waals surface area contributed by atoms with E-state index in [4.69, 9.17) is 19.0 Å². The summed E-state index contributed by atoms with van der Waals surface area (Å²) in [6.07, 6.45) is 3.50. The van der Waals surface area contributed by atoms with Crippen LogP contribution in [0, 0.1) is 6.92 Å². The van der Waals surface area contributed by atoms with Crippen LogP contribution in [0.15, 0.2) is 40.8 Å². The van der Waals surface area contributed by atoms with Gasteiger partial charge in [-0.05, 0) is 42.8 Å². The summed E-state index contributed by atoms with van der Waals surface area (Å²) in [5, 5.41) is 19.7. The minimum Gasteiger partial charge on any atom is -0.504 e. The van der Waals surface area contributed by atoms with Crippen LogP contribution in [0.2, 0.25) is 0 Å². The van der Waals surface area contributed by atoms with Crippen molar-refractivity contribution in [2.75, 3.05) is 20.8 Å². The first kappa shape index (κ1) is 16.9. The first-order valence-electron chi connectivity index (χ1n) is 7.85. The van der Waals surface area contributed by atoms with Crippen LogP contribution in [-0.4, -0.2) is 31.0 Å². The molecular weight excluding hydrogens is 320 g/mol. The maximum absolute atomic E-state index is 9.79. The highest BCUT2D eigenvalue weighted by Crippen LogP contribution is 2.40. The van der Waals surface area contributed by atoms with E-state index < -0.39 is 0 Å². The number of methoxy groups -OCH3 is 2. The molecule has 1 heterocycles. The molecule has 1 aromatic heterocycles. The molecular formula is C20H20O5. The topological polar surface area (TPSA) is 72.1 Å². The van der Waals surface area contributed by atoms with E-state index in [0.717, 1.165) is 22.1 Å². The number of furan rings is 1. The van der Waals surface area contributed by atoms with Crippen LogP contribution >= 0.6 is 0 Å². The van der Waals surface area contributed by atoms with E-state index in [9.17, 15) is 5.11 Å². The summed E-state index contributed by atoms with van der Waals surface area (Å²) in [6.45, 7) is 1.95. The zero-order chi connectivity index (χ0) is 18.0. The number of benzene rings is 2. The van der Waals surface area contributed by atoms with E-state index in [1.54, 1.807) is 31.4 Å². The fourth-order valence-corrected chi connectivity index (χ4v) is 2.84. The molecule has 5 heteroatoms. The number of aliphatic hydroxyl groups is 1. The third-order valence-electron chi connectivity index (χ3n) is 4.10. The van der Waals surface area contributed by atoms with Gasteiger partial charge in [0.15, 0.2) is 22.8 Å². The normalized spacial score (nSPS) is 11.4. The van der Waals surface area contributed by atoms with E-state index in [1.807, 2.05) is 25.1 Å². The molecule has 130 valence electrons. The number of aromatic hydroxyl groups is 1. The summed E-state index contributed by atoms with van der Waals surface area (Å²) in [5.41, 5.74) is 3.33. The van der Waals surface area contributed by atoms with Gasteiger partial charge in [-0.1, -0.05) is 12.2 Å². The third-order valence-corrected chi connectivity index (χ3v) is 4.10. The number of phenols is 1. The Morgan fingerprint density at radius 1 is 1.08 bits per heavy atom. The zero-order valence-electron chi connectivity index (χ0n) is 14.4. The first-order valence-corrected chi connectivity index (χ1v) is 7.85. The highest BCUT2D eigenvalue weighted by Gasteiger charge is 2.17. The number of rotatable bonds is 5. The van der Waals surface area contributed by atoms with Crippen LogP contribution < -0.4 is 9.47 Å².